The second-order valence-corrected chi connectivity index (χ2v) is 6.29. The van der Waals surface area contributed by atoms with Gasteiger partial charge in [0.1, 0.15) is 5.15 Å². The maximum atomic E-state index is 6.44. The van der Waals surface area contributed by atoms with Gasteiger partial charge in [-0.2, -0.15) is 10.2 Å². The van der Waals surface area contributed by atoms with Gasteiger partial charge in [-0.25, -0.2) is 4.68 Å². The molecule has 0 spiro atoms. The molecule has 0 fully saturated rings. The number of aryl methyl sites for hydroxylation is 1. The van der Waals surface area contributed by atoms with Gasteiger partial charge in [-0.15, -0.1) is 0 Å². The van der Waals surface area contributed by atoms with E-state index in [-0.39, 0.29) is 0 Å². The number of hydrogen-bond donors (Lipinski definition) is 1. The van der Waals surface area contributed by atoms with E-state index in [4.69, 9.17) is 34.8 Å². The number of anilines is 1. The van der Waals surface area contributed by atoms with Gasteiger partial charge in [0.15, 0.2) is 0 Å². The summed E-state index contributed by atoms with van der Waals surface area (Å²) in [5.74, 6) is 0. The Balaban J connectivity index is 1.82. The summed E-state index contributed by atoms with van der Waals surface area (Å²) >= 11 is 18.2. The third-order valence-corrected chi connectivity index (χ3v) is 4.22. The molecule has 0 amide bonds. The highest BCUT2D eigenvalue weighted by molar-refractivity contribution is 6.32. The molecule has 24 heavy (non-hydrogen) atoms. The monoisotopic (exact) mass is 378 g/mol. The van der Waals surface area contributed by atoms with Crippen LogP contribution in [-0.2, 0) is 0 Å². The molecule has 4 nitrogen and oxygen atoms in total. The van der Waals surface area contributed by atoms with Gasteiger partial charge in [0, 0.05) is 10.0 Å². The minimum Gasteiger partial charge on any atom is -0.279 e. The third-order valence-electron chi connectivity index (χ3n) is 3.35. The summed E-state index contributed by atoms with van der Waals surface area (Å²) in [6.07, 6.45) is 1.64. The summed E-state index contributed by atoms with van der Waals surface area (Å²) < 4.78 is 1.65. The molecule has 3 aromatic rings. The lowest BCUT2D eigenvalue weighted by Crippen LogP contribution is -1.96. The van der Waals surface area contributed by atoms with Crippen molar-refractivity contribution in [3.05, 3.63) is 75.0 Å². The molecule has 2 aromatic carbocycles. The predicted octanol–water partition coefficient (Wildman–Crippen LogP) is 5.59. The van der Waals surface area contributed by atoms with Crippen LogP contribution in [-0.4, -0.2) is 16.0 Å². The second-order valence-electron chi connectivity index (χ2n) is 5.06. The van der Waals surface area contributed by atoms with E-state index >= 15 is 0 Å². The van der Waals surface area contributed by atoms with E-state index in [1.807, 2.05) is 31.2 Å². The van der Waals surface area contributed by atoms with Gasteiger partial charge in [0.05, 0.1) is 28.8 Å². The first kappa shape index (κ1) is 16.8. The van der Waals surface area contributed by atoms with Crippen LogP contribution in [0.25, 0.3) is 5.69 Å². The van der Waals surface area contributed by atoms with Crippen LogP contribution < -0.4 is 5.43 Å². The molecule has 3 rings (SSSR count). The van der Waals surface area contributed by atoms with Crippen molar-refractivity contribution >= 4 is 46.7 Å². The van der Waals surface area contributed by atoms with Crippen molar-refractivity contribution in [2.75, 3.05) is 5.43 Å². The summed E-state index contributed by atoms with van der Waals surface area (Å²) in [7, 11) is 0. The highest BCUT2D eigenvalue weighted by Crippen LogP contribution is 2.23. The highest BCUT2D eigenvalue weighted by Gasteiger charge is 2.13. The number of rotatable bonds is 4. The summed E-state index contributed by atoms with van der Waals surface area (Å²) in [5, 5.41) is 10.5. The number of hydrogen-bond acceptors (Lipinski definition) is 3. The SMILES string of the molecule is Cc1nn(-c2ccc(Cl)cc2)c(Cl)c1C=NNc1ccc(Cl)cc1. The van der Waals surface area contributed by atoms with Crippen molar-refractivity contribution < 1.29 is 0 Å². The first-order valence-corrected chi connectivity index (χ1v) is 8.23. The van der Waals surface area contributed by atoms with E-state index < -0.39 is 0 Å². The Morgan fingerprint density at radius 1 is 0.958 bits per heavy atom. The fraction of sp³-hybridized carbons (Fsp3) is 0.0588. The molecule has 0 bridgehead atoms. The Bertz CT molecular complexity index is 868. The van der Waals surface area contributed by atoms with Crippen molar-refractivity contribution in [1.82, 2.24) is 9.78 Å². The van der Waals surface area contributed by atoms with Gasteiger partial charge in [0.25, 0.3) is 0 Å². The van der Waals surface area contributed by atoms with Crippen molar-refractivity contribution in [2.24, 2.45) is 5.10 Å². The lowest BCUT2D eigenvalue weighted by molar-refractivity contribution is 0.863. The second kappa shape index (κ2) is 7.26. The number of benzene rings is 2. The lowest BCUT2D eigenvalue weighted by atomic mass is 10.3. The zero-order chi connectivity index (χ0) is 17.1. The number of halogens is 3. The molecule has 0 saturated heterocycles. The fourth-order valence-corrected chi connectivity index (χ4v) is 2.68. The Labute approximate surface area is 154 Å². The van der Waals surface area contributed by atoms with Gasteiger partial charge in [-0.05, 0) is 55.5 Å². The summed E-state index contributed by atoms with van der Waals surface area (Å²) in [5.41, 5.74) is 6.11. The van der Waals surface area contributed by atoms with Crippen LogP contribution in [0.3, 0.4) is 0 Å². The molecule has 0 radical (unpaired) electrons. The summed E-state index contributed by atoms with van der Waals surface area (Å²) in [6.45, 7) is 1.88. The van der Waals surface area contributed by atoms with Crippen LogP contribution in [0, 0.1) is 6.92 Å². The minimum atomic E-state index is 0.483. The standard InChI is InChI=1S/C17H13Cl3N4/c1-11-16(10-21-22-14-6-2-12(18)3-7-14)17(20)24(23-11)15-8-4-13(19)5-9-15/h2-10,22H,1H3. The molecule has 7 heteroatoms. The van der Waals surface area contributed by atoms with Crippen molar-refractivity contribution in [2.45, 2.75) is 6.92 Å². The van der Waals surface area contributed by atoms with Crippen LogP contribution in [0.1, 0.15) is 11.3 Å². The van der Waals surface area contributed by atoms with E-state index in [9.17, 15) is 0 Å². The molecule has 0 atom stereocenters. The van der Waals surface area contributed by atoms with E-state index in [0.717, 1.165) is 22.6 Å². The quantitative estimate of drug-likeness (QED) is 0.474. The Hall–Kier alpha value is -2.01. The lowest BCUT2D eigenvalue weighted by Gasteiger charge is -2.03. The van der Waals surface area contributed by atoms with Crippen LogP contribution in [0.2, 0.25) is 15.2 Å². The molecular formula is C17H13Cl3N4. The molecular weight excluding hydrogens is 367 g/mol. The van der Waals surface area contributed by atoms with Crippen LogP contribution in [0.5, 0.6) is 0 Å². The van der Waals surface area contributed by atoms with E-state index in [0.29, 0.717) is 15.2 Å². The maximum absolute atomic E-state index is 6.44. The van der Waals surface area contributed by atoms with Crippen LogP contribution >= 0.6 is 34.8 Å². The predicted molar refractivity (Wildman–Crippen MR) is 101 cm³/mol. The number of hydrazone groups is 1. The molecule has 0 aliphatic rings. The normalized spacial score (nSPS) is 11.2. The van der Waals surface area contributed by atoms with E-state index in [1.165, 1.54) is 0 Å². The average molecular weight is 380 g/mol. The minimum absolute atomic E-state index is 0.483. The molecule has 0 aliphatic heterocycles. The van der Waals surface area contributed by atoms with Gasteiger partial charge < -0.3 is 0 Å². The van der Waals surface area contributed by atoms with E-state index in [2.05, 4.69) is 15.6 Å². The first-order chi connectivity index (χ1) is 11.5. The third kappa shape index (κ3) is 3.73. The first-order valence-electron chi connectivity index (χ1n) is 7.10. The van der Waals surface area contributed by atoms with Crippen molar-refractivity contribution in [1.29, 1.82) is 0 Å². The summed E-state index contributed by atoms with van der Waals surface area (Å²) in [4.78, 5) is 0. The molecule has 1 aromatic heterocycles. The fourth-order valence-electron chi connectivity index (χ4n) is 2.11. The van der Waals surface area contributed by atoms with E-state index in [1.54, 1.807) is 35.2 Å². The largest absolute Gasteiger partial charge is 0.279 e. The number of nitrogens with zero attached hydrogens (tertiary/aromatic N) is 3. The summed E-state index contributed by atoms with van der Waals surface area (Å²) in [6, 6.07) is 14.5. The van der Waals surface area contributed by atoms with Crippen LogP contribution in [0.15, 0.2) is 53.6 Å². The maximum Gasteiger partial charge on any atom is 0.142 e. The molecule has 0 aliphatic carbocycles. The molecule has 0 saturated carbocycles. The zero-order valence-electron chi connectivity index (χ0n) is 12.7. The smallest absolute Gasteiger partial charge is 0.142 e. The van der Waals surface area contributed by atoms with Crippen molar-refractivity contribution in [3.63, 3.8) is 0 Å². The Morgan fingerprint density at radius 2 is 1.54 bits per heavy atom. The van der Waals surface area contributed by atoms with Gasteiger partial charge in [-0.1, -0.05) is 34.8 Å². The van der Waals surface area contributed by atoms with Gasteiger partial charge in [0.2, 0.25) is 0 Å². The van der Waals surface area contributed by atoms with Gasteiger partial charge >= 0.3 is 0 Å². The number of aromatic nitrogens is 2. The number of nitrogens with one attached hydrogen (secondary N) is 1. The molecule has 122 valence electrons. The topological polar surface area (TPSA) is 42.2 Å². The molecule has 0 unspecified atom stereocenters. The highest BCUT2D eigenvalue weighted by atomic mass is 35.5. The van der Waals surface area contributed by atoms with Crippen LogP contribution in [0.4, 0.5) is 5.69 Å². The molecule has 1 heterocycles. The Kier molecular flexibility index (Phi) is 5.09. The molecule has 1 N–H and O–H groups in total. The van der Waals surface area contributed by atoms with Crippen molar-refractivity contribution in [3.8, 4) is 5.69 Å². The van der Waals surface area contributed by atoms with Gasteiger partial charge in [-0.3, -0.25) is 5.43 Å². The average Bonchev–Trinajstić information content (AvgIpc) is 2.85. The Morgan fingerprint density at radius 3 is 2.17 bits per heavy atom. The zero-order valence-corrected chi connectivity index (χ0v) is 14.9.